The van der Waals surface area contributed by atoms with Crippen LogP contribution in [0.1, 0.15) is 24.0 Å². The molecule has 0 fully saturated rings. The molecule has 0 saturated carbocycles. The number of ether oxygens (including phenoxy) is 1. The van der Waals surface area contributed by atoms with Gasteiger partial charge in [0.1, 0.15) is 11.6 Å². The van der Waals surface area contributed by atoms with E-state index in [1.54, 1.807) is 12.1 Å². The van der Waals surface area contributed by atoms with Crippen LogP contribution in [-0.2, 0) is 4.79 Å². The number of benzene rings is 2. The number of nitrogens with one attached hydrogen (secondary N) is 1. The van der Waals surface area contributed by atoms with Crippen molar-refractivity contribution in [2.75, 3.05) is 11.9 Å². The lowest BCUT2D eigenvalue weighted by molar-refractivity contribution is -0.116. The Hall–Kier alpha value is -2.36. The van der Waals surface area contributed by atoms with E-state index in [2.05, 4.69) is 5.32 Å². The van der Waals surface area contributed by atoms with Crippen LogP contribution in [0.5, 0.6) is 5.75 Å². The molecule has 0 atom stereocenters. The lowest BCUT2D eigenvalue weighted by Gasteiger charge is -2.11. The van der Waals surface area contributed by atoms with Gasteiger partial charge in [0.15, 0.2) is 0 Å². The molecule has 22 heavy (non-hydrogen) atoms. The second-order valence-electron chi connectivity index (χ2n) is 5.22. The molecule has 3 nitrogen and oxygen atoms in total. The summed E-state index contributed by atoms with van der Waals surface area (Å²) in [6.45, 7) is 4.37. The maximum atomic E-state index is 12.7. The minimum Gasteiger partial charge on any atom is -0.494 e. The van der Waals surface area contributed by atoms with Crippen LogP contribution in [-0.4, -0.2) is 12.5 Å². The molecule has 0 bridgehead atoms. The van der Waals surface area contributed by atoms with Gasteiger partial charge in [-0.25, -0.2) is 4.39 Å². The third-order valence-corrected chi connectivity index (χ3v) is 3.38. The Morgan fingerprint density at radius 1 is 1.09 bits per heavy atom. The number of carbonyl (C=O) groups is 1. The van der Waals surface area contributed by atoms with E-state index in [-0.39, 0.29) is 11.7 Å². The predicted octanol–water partition coefficient (Wildman–Crippen LogP) is 4.24. The van der Waals surface area contributed by atoms with Crippen LogP contribution >= 0.6 is 0 Å². The summed E-state index contributed by atoms with van der Waals surface area (Å²) in [5.41, 5.74) is 2.98. The summed E-state index contributed by atoms with van der Waals surface area (Å²) in [7, 11) is 0. The molecule has 2 rings (SSSR count). The smallest absolute Gasteiger partial charge is 0.224 e. The van der Waals surface area contributed by atoms with Crippen molar-refractivity contribution in [1.29, 1.82) is 0 Å². The van der Waals surface area contributed by atoms with Gasteiger partial charge in [0.2, 0.25) is 5.91 Å². The highest BCUT2D eigenvalue weighted by atomic mass is 19.1. The van der Waals surface area contributed by atoms with Crippen molar-refractivity contribution in [2.45, 2.75) is 26.7 Å². The van der Waals surface area contributed by atoms with Gasteiger partial charge in [-0.2, -0.15) is 0 Å². The Morgan fingerprint density at radius 3 is 2.36 bits per heavy atom. The largest absolute Gasteiger partial charge is 0.494 e. The Balaban J connectivity index is 1.75. The molecular formula is C18H20FNO2. The van der Waals surface area contributed by atoms with Crippen molar-refractivity contribution in [2.24, 2.45) is 0 Å². The maximum absolute atomic E-state index is 12.7. The van der Waals surface area contributed by atoms with E-state index >= 15 is 0 Å². The molecule has 0 aromatic heterocycles. The Morgan fingerprint density at radius 2 is 1.73 bits per heavy atom. The second kappa shape index (κ2) is 7.59. The van der Waals surface area contributed by atoms with Gasteiger partial charge >= 0.3 is 0 Å². The van der Waals surface area contributed by atoms with Gasteiger partial charge in [0.25, 0.3) is 0 Å². The van der Waals surface area contributed by atoms with Crippen LogP contribution < -0.4 is 10.1 Å². The third-order valence-electron chi connectivity index (χ3n) is 3.38. The summed E-state index contributed by atoms with van der Waals surface area (Å²) < 4.78 is 18.2. The third kappa shape index (κ3) is 4.58. The standard InChI is InChI=1S/C18H20FNO2/c1-13-5-3-6-14(2)18(13)20-17(21)7-4-12-22-16-10-8-15(19)9-11-16/h3,5-6,8-11H,4,7,12H2,1-2H3,(H,20,21). The molecule has 116 valence electrons. The molecule has 0 spiro atoms. The van der Waals surface area contributed by atoms with E-state index in [0.29, 0.717) is 25.2 Å². The lowest BCUT2D eigenvalue weighted by atomic mass is 10.1. The number of aryl methyl sites for hydroxylation is 2. The summed E-state index contributed by atoms with van der Waals surface area (Å²) in [6, 6.07) is 11.8. The van der Waals surface area contributed by atoms with Crippen molar-refractivity contribution < 1.29 is 13.9 Å². The van der Waals surface area contributed by atoms with Crippen LogP contribution in [0.15, 0.2) is 42.5 Å². The fourth-order valence-electron chi connectivity index (χ4n) is 2.17. The molecule has 2 aromatic rings. The van der Waals surface area contributed by atoms with Gasteiger partial charge < -0.3 is 10.1 Å². The minimum atomic E-state index is -0.291. The zero-order valence-electron chi connectivity index (χ0n) is 12.9. The zero-order chi connectivity index (χ0) is 15.9. The first-order chi connectivity index (χ1) is 10.6. The first-order valence-corrected chi connectivity index (χ1v) is 7.30. The van der Waals surface area contributed by atoms with Gasteiger partial charge in [0.05, 0.1) is 6.61 Å². The highest BCUT2D eigenvalue weighted by Crippen LogP contribution is 2.19. The van der Waals surface area contributed by atoms with Gasteiger partial charge in [-0.05, 0) is 55.7 Å². The topological polar surface area (TPSA) is 38.3 Å². The number of hydrogen-bond acceptors (Lipinski definition) is 2. The van der Waals surface area contributed by atoms with E-state index < -0.39 is 0 Å². The second-order valence-corrected chi connectivity index (χ2v) is 5.22. The molecular weight excluding hydrogens is 281 g/mol. The van der Waals surface area contributed by atoms with Crippen LogP contribution in [0.2, 0.25) is 0 Å². The fourth-order valence-corrected chi connectivity index (χ4v) is 2.17. The van der Waals surface area contributed by atoms with Gasteiger partial charge in [-0.15, -0.1) is 0 Å². The van der Waals surface area contributed by atoms with Crippen molar-refractivity contribution in [1.82, 2.24) is 0 Å². The summed E-state index contributed by atoms with van der Waals surface area (Å²) in [5.74, 6) is 0.289. The monoisotopic (exact) mass is 301 g/mol. The molecule has 0 aliphatic carbocycles. The molecule has 0 saturated heterocycles. The van der Waals surface area contributed by atoms with Crippen molar-refractivity contribution in [3.05, 3.63) is 59.4 Å². The number of anilines is 1. The number of amides is 1. The Labute approximate surface area is 130 Å². The van der Waals surface area contributed by atoms with Gasteiger partial charge in [-0.3, -0.25) is 4.79 Å². The molecule has 2 aromatic carbocycles. The molecule has 0 aliphatic heterocycles. The van der Waals surface area contributed by atoms with Gasteiger partial charge in [0, 0.05) is 12.1 Å². The summed E-state index contributed by atoms with van der Waals surface area (Å²) in [6.07, 6.45) is 0.989. The molecule has 0 heterocycles. The quantitative estimate of drug-likeness (QED) is 0.810. The summed E-state index contributed by atoms with van der Waals surface area (Å²) >= 11 is 0. The van der Waals surface area contributed by atoms with Crippen LogP contribution in [0, 0.1) is 19.7 Å². The Kier molecular flexibility index (Phi) is 5.53. The van der Waals surface area contributed by atoms with Crippen LogP contribution in [0.3, 0.4) is 0 Å². The average molecular weight is 301 g/mol. The van der Waals surface area contributed by atoms with E-state index in [1.165, 1.54) is 12.1 Å². The lowest BCUT2D eigenvalue weighted by Crippen LogP contribution is -2.14. The van der Waals surface area contributed by atoms with Crippen molar-refractivity contribution in [3.8, 4) is 5.75 Å². The Bertz CT molecular complexity index is 618. The molecule has 1 amide bonds. The minimum absolute atomic E-state index is 0.0277. The van der Waals surface area contributed by atoms with Crippen LogP contribution in [0.25, 0.3) is 0 Å². The first-order valence-electron chi connectivity index (χ1n) is 7.30. The van der Waals surface area contributed by atoms with Crippen LogP contribution in [0.4, 0.5) is 10.1 Å². The number of hydrogen-bond donors (Lipinski definition) is 1. The first kappa shape index (κ1) is 16.0. The van der Waals surface area contributed by atoms with E-state index in [9.17, 15) is 9.18 Å². The molecule has 0 unspecified atom stereocenters. The fraction of sp³-hybridized carbons (Fsp3) is 0.278. The molecule has 0 radical (unpaired) electrons. The average Bonchev–Trinajstić information content (AvgIpc) is 2.49. The normalized spacial score (nSPS) is 10.3. The molecule has 0 aliphatic rings. The van der Waals surface area contributed by atoms with E-state index in [4.69, 9.17) is 4.74 Å². The SMILES string of the molecule is Cc1cccc(C)c1NC(=O)CCCOc1ccc(F)cc1. The van der Waals surface area contributed by atoms with E-state index in [1.807, 2.05) is 32.0 Å². The predicted molar refractivity (Wildman–Crippen MR) is 85.7 cm³/mol. The molecule has 4 heteroatoms. The van der Waals surface area contributed by atoms with Crippen molar-refractivity contribution in [3.63, 3.8) is 0 Å². The number of rotatable bonds is 6. The number of carbonyl (C=O) groups excluding carboxylic acids is 1. The highest BCUT2D eigenvalue weighted by molar-refractivity contribution is 5.92. The van der Waals surface area contributed by atoms with Crippen molar-refractivity contribution >= 4 is 11.6 Å². The number of halogens is 1. The maximum Gasteiger partial charge on any atom is 0.224 e. The summed E-state index contributed by atoms with van der Waals surface area (Å²) in [5, 5.41) is 2.94. The van der Waals surface area contributed by atoms with Gasteiger partial charge in [-0.1, -0.05) is 18.2 Å². The molecule has 1 N–H and O–H groups in total. The number of para-hydroxylation sites is 1. The highest BCUT2D eigenvalue weighted by Gasteiger charge is 2.07. The zero-order valence-corrected chi connectivity index (χ0v) is 12.9. The van der Waals surface area contributed by atoms with E-state index in [0.717, 1.165) is 16.8 Å². The summed E-state index contributed by atoms with van der Waals surface area (Å²) in [4.78, 5) is 12.0.